The quantitative estimate of drug-likeness (QED) is 0.887. The third kappa shape index (κ3) is 3.70. The molecule has 1 aromatic carbocycles. The van der Waals surface area contributed by atoms with Crippen molar-refractivity contribution in [1.29, 1.82) is 0 Å². The lowest BCUT2D eigenvalue weighted by molar-refractivity contribution is -0.146. The van der Waals surface area contributed by atoms with Gasteiger partial charge in [-0.1, -0.05) is 12.1 Å². The monoisotopic (exact) mass is 264 g/mol. The molecule has 1 aliphatic heterocycles. The van der Waals surface area contributed by atoms with Gasteiger partial charge in [-0.3, -0.25) is 4.79 Å². The molecule has 1 atom stereocenters. The van der Waals surface area contributed by atoms with Crippen LogP contribution in [-0.4, -0.2) is 30.4 Å². The van der Waals surface area contributed by atoms with Gasteiger partial charge in [0.1, 0.15) is 11.9 Å². The molecule has 1 aliphatic rings. The molecule has 0 saturated carbocycles. The number of ether oxygens (including phenoxy) is 2. The number of hydrogen-bond acceptors (Lipinski definition) is 3. The molecule has 4 heteroatoms. The summed E-state index contributed by atoms with van der Waals surface area (Å²) in [5, 5.41) is 9.15. The molecule has 0 spiro atoms. The molecule has 19 heavy (non-hydrogen) atoms. The lowest BCUT2D eigenvalue weighted by atomic mass is 9.86. The number of benzene rings is 1. The highest BCUT2D eigenvalue weighted by Gasteiger charge is 2.27. The maximum atomic E-state index is 11.1. The first-order valence-corrected chi connectivity index (χ1v) is 6.54. The second kappa shape index (κ2) is 5.61. The molecule has 0 aromatic heterocycles. The lowest BCUT2D eigenvalue weighted by Gasteiger charge is -2.19. The predicted molar refractivity (Wildman–Crippen MR) is 71.4 cm³/mol. The summed E-state index contributed by atoms with van der Waals surface area (Å²) in [7, 11) is 0. The standard InChI is InChI=1S/C15H20O4/c1-15(2,14(16)17)9-11-4-3-5-12(8-11)19-13-6-7-18-10-13/h3-5,8,13H,6-7,9-10H2,1-2H3,(H,16,17). The van der Waals surface area contributed by atoms with E-state index in [-0.39, 0.29) is 6.10 Å². The van der Waals surface area contributed by atoms with Crippen LogP contribution in [0.25, 0.3) is 0 Å². The van der Waals surface area contributed by atoms with Gasteiger partial charge in [0.05, 0.1) is 18.6 Å². The highest BCUT2D eigenvalue weighted by atomic mass is 16.5. The van der Waals surface area contributed by atoms with Crippen LogP contribution in [0.1, 0.15) is 25.8 Å². The molecular weight excluding hydrogens is 244 g/mol. The lowest BCUT2D eigenvalue weighted by Crippen LogP contribution is -2.26. The van der Waals surface area contributed by atoms with E-state index in [1.54, 1.807) is 13.8 Å². The summed E-state index contributed by atoms with van der Waals surface area (Å²) >= 11 is 0. The van der Waals surface area contributed by atoms with Crippen molar-refractivity contribution in [1.82, 2.24) is 0 Å². The Morgan fingerprint density at radius 1 is 1.53 bits per heavy atom. The second-order valence-electron chi connectivity index (χ2n) is 5.62. The van der Waals surface area contributed by atoms with Crippen molar-refractivity contribution in [3.05, 3.63) is 29.8 Å². The highest BCUT2D eigenvalue weighted by Crippen LogP contribution is 2.25. The van der Waals surface area contributed by atoms with E-state index in [0.717, 1.165) is 24.3 Å². The summed E-state index contributed by atoms with van der Waals surface area (Å²) in [5.74, 6) is -0.00259. The van der Waals surface area contributed by atoms with E-state index in [1.807, 2.05) is 24.3 Å². The number of aliphatic carboxylic acids is 1. The second-order valence-corrected chi connectivity index (χ2v) is 5.62. The Balaban J connectivity index is 2.04. The van der Waals surface area contributed by atoms with Gasteiger partial charge in [0.2, 0.25) is 0 Å². The smallest absolute Gasteiger partial charge is 0.309 e. The Bertz CT molecular complexity index is 447. The number of carboxylic acid groups (broad SMARTS) is 1. The molecule has 1 heterocycles. The molecule has 0 aliphatic carbocycles. The molecule has 2 rings (SSSR count). The predicted octanol–water partition coefficient (Wildman–Crippen LogP) is 2.51. The first-order chi connectivity index (χ1) is 8.97. The molecule has 0 radical (unpaired) electrons. The Morgan fingerprint density at radius 2 is 2.32 bits per heavy atom. The Labute approximate surface area is 113 Å². The molecule has 104 valence electrons. The van der Waals surface area contributed by atoms with Gasteiger partial charge in [-0.2, -0.15) is 0 Å². The van der Waals surface area contributed by atoms with Crippen LogP contribution in [0, 0.1) is 5.41 Å². The van der Waals surface area contributed by atoms with E-state index in [1.165, 1.54) is 0 Å². The number of carboxylic acids is 1. The van der Waals surface area contributed by atoms with E-state index in [2.05, 4.69) is 0 Å². The fraction of sp³-hybridized carbons (Fsp3) is 0.533. The summed E-state index contributed by atoms with van der Waals surface area (Å²) in [4.78, 5) is 11.1. The molecule has 4 nitrogen and oxygen atoms in total. The van der Waals surface area contributed by atoms with E-state index < -0.39 is 11.4 Å². The number of hydrogen-bond donors (Lipinski definition) is 1. The molecular formula is C15H20O4. The van der Waals surface area contributed by atoms with Crippen molar-refractivity contribution in [3.8, 4) is 5.75 Å². The molecule has 1 N–H and O–H groups in total. The van der Waals surface area contributed by atoms with Crippen molar-refractivity contribution in [3.63, 3.8) is 0 Å². The number of rotatable bonds is 5. The largest absolute Gasteiger partial charge is 0.488 e. The minimum absolute atomic E-state index is 0.114. The van der Waals surface area contributed by atoms with E-state index in [9.17, 15) is 4.79 Å². The van der Waals surface area contributed by atoms with Crippen LogP contribution in [0.5, 0.6) is 5.75 Å². The van der Waals surface area contributed by atoms with Crippen LogP contribution < -0.4 is 4.74 Å². The van der Waals surface area contributed by atoms with Gasteiger partial charge < -0.3 is 14.6 Å². The maximum Gasteiger partial charge on any atom is 0.309 e. The van der Waals surface area contributed by atoms with Gasteiger partial charge >= 0.3 is 5.97 Å². The normalized spacial score (nSPS) is 19.4. The zero-order chi connectivity index (χ0) is 13.9. The van der Waals surface area contributed by atoms with Gasteiger partial charge in [0, 0.05) is 6.42 Å². The van der Waals surface area contributed by atoms with Crippen molar-refractivity contribution >= 4 is 5.97 Å². The molecule has 0 bridgehead atoms. The minimum atomic E-state index is -0.789. The summed E-state index contributed by atoms with van der Waals surface area (Å²) in [6.07, 6.45) is 1.51. The third-order valence-corrected chi connectivity index (χ3v) is 3.31. The average molecular weight is 264 g/mol. The summed E-state index contributed by atoms with van der Waals surface area (Å²) in [6, 6.07) is 7.65. The first kappa shape index (κ1) is 13.9. The first-order valence-electron chi connectivity index (χ1n) is 6.54. The maximum absolute atomic E-state index is 11.1. The van der Waals surface area contributed by atoms with Crippen LogP contribution in [0.3, 0.4) is 0 Å². The van der Waals surface area contributed by atoms with Gasteiger partial charge in [0.15, 0.2) is 0 Å². The van der Waals surface area contributed by atoms with Crippen molar-refractivity contribution in [2.75, 3.05) is 13.2 Å². The van der Waals surface area contributed by atoms with Crippen LogP contribution in [-0.2, 0) is 16.0 Å². The van der Waals surface area contributed by atoms with Gasteiger partial charge in [-0.25, -0.2) is 0 Å². The van der Waals surface area contributed by atoms with Crippen molar-refractivity contribution in [2.24, 2.45) is 5.41 Å². The van der Waals surface area contributed by atoms with Crippen LogP contribution in [0.4, 0.5) is 0 Å². The fourth-order valence-electron chi connectivity index (χ4n) is 2.11. The van der Waals surface area contributed by atoms with Crippen LogP contribution in [0.2, 0.25) is 0 Å². The van der Waals surface area contributed by atoms with Gasteiger partial charge in [-0.05, 0) is 38.0 Å². The summed E-state index contributed by atoms with van der Waals surface area (Å²) in [5.41, 5.74) is 0.207. The summed E-state index contributed by atoms with van der Waals surface area (Å²) < 4.78 is 11.1. The topological polar surface area (TPSA) is 55.8 Å². The molecule has 1 fully saturated rings. The van der Waals surface area contributed by atoms with Crippen molar-refractivity contribution in [2.45, 2.75) is 32.8 Å². The summed E-state index contributed by atoms with van der Waals surface area (Å²) in [6.45, 7) is 4.84. The zero-order valence-corrected chi connectivity index (χ0v) is 11.4. The Kier molecular flexibility index (Phi) is 4.10. The van der Waals surface area contributed by atoms with Crippen LogP contribution in [0.15, 0.2) is 24.3 Å². The molecule has 1 saturated heterocycles. The molecule has 1 aromatic rings. The third-order valence-electron chi connectivity index (χ3n) is 3.31. The van der Waals surface area contributed by atoms with E-state index in [4.69, 9.17) is 14.6 Å². The molecule has 0 amide bonds. The van der Waals surface area contributed by atoms with Crippen molar-refractivity contribution < 1.29 is 19.4 Å². The average Bonchev–Trinajstić information content (AvgIpc) is 2.81. The fourth-order valence-corrected chi connectivity index (χ4v) is 2.11. The molecule has 1 unspecified atom stereocenters. The Morgan fingerprint density at radius 3 is 2.95 bits per heavy atom. The number of carbonyl (C=O) groups is 1. The zero-order valence-electron chi connectivity index (χ0n) is 11.4. The van der Waals surface area contributed by atoms with E-state index >= 15 is 0 Å². The van der Waals surface area contributed by atoms with Gasteiger partial charge in [-0.15, -0.1) is 0 Å². The highest BCUT2D eigenvalue weighted by molar-refractivity contribution is 5.74. The minimum Gasteiger partial charge on any atom is -0.488 e. The van der Waals surface area contributed by atoms with Gasteiger partial charge in [0.25, 0.3) is 0 Å². The Hall–Kier alpha value is -1.55. The SMILES string of the molecule is CC(C)(Cc1cccc(OC2CCOC2)c1)C(=O)O. The van der Waals surface area contributed by atoms with E-state index in [0.29, 0.717) is 13.0 Å². The van der Waals surface area contributed by atoms with Crippen LogP contribution >= 0.6 is 0 Å².